The number of hydrogen-bond donors (Lipinski definition) is 0. The van der Waals surface area contributed by atoms with E-state index in [1.165, 1.54) is 10.5 Å². The number of nitrogens with zero attached hydrogens (tertiary/aromatic N) is 3. The number of benzene rings is 2. The summed E-state index contributed by atoms with van der Waals surface area (Å²) in [4.78, 5) is 13.8. The highest BCUT2D eigenvalue weighted by atomic mass is 79.9. The van der Waals surface area contributed by atoms with Crippen LogP contribution < -0.4 is 4.74 Å². The monoisotopic (exact) mass is 429 g/mol. The normalized spacial score (nSPS) is 10.6. The Bertz CT molecular complexity index is 912. The molecule has 1 heterocycles. The summed E-state index contributed by atoms with van der Waals surface area (Å²) in [6.45, 7) is 2.24. The van der Waals surface area contributed by atoms with Gasteiger partial charge in [-0.25, -0.2) is 0 Å². The third-order valence-electron chi connectivity index (χ3n) is 4.04. The van der Waals surface area contributed by atoms with Gasteiger partial charge in [-0.2, -0.15) is 0 Å². The number of likely N-dealkylation sites (N-methyl/N-ethyl adjacent to an activating group) is 1. The zero-order valence-electron chi connectivity index (χ0n) is 15.2. The van der Waals surface area contributed by atoms with Crippen LogP contribution in [0.15, 0.2) is 57.4 Å². The van der Waals surface area contributed by atoms with E-state index in [4.69, 9.17) is 9.15 Å². The number of aromatic nitrogens is 2. The number of ether oxygens (including phenoxy) is 1. The van der Waals surface area contributed by atoms with Crippen molar-refractivity contribution in [1.82, 2.24) is 15.1 Å². The van der Waals surface area contributed by atoms with Crippen molar-refractivity contribution < 1.29 is 13.9 Å². The molecule has 0 aliphatic carbocycles. The Morgan fingerprint density at radius 1 is 1.19 bits per heavy atom. The van der Waals surface area contributed by atoms with Gasteiger partial charge in [-0.05, 0) is 52.2 Å². The van der Waals surface area contributed by atoms with Gasteiger partial charge in [0.25, 0.3) is 5.91 Å². The molecule has 6 nitrogen and oxygen atoms in total. The maximum absolute atomic E-state index is 12.3. The number of carbonyl (C=O) groups is 1. The Morgan fingerprint density at radius 3 is 2.67 bits per heavy atom. The lowest BCUT2D eigenvalue weighted by Crippen LogP contribution is -2.31. The summed E-state index contributed by atoms with van der Waals surface area (Å²) in [6, 6.07) is 15.3. The van der Waals surface area contributed by atoms with Gasteiger partial charge in [0.2, 0.25) is 11.8 Å². The molecule has 1 aromatic heterocycles. The highest BCUT2D eigenvalue weighted by molar-refractivity contribution is 9.10. The minimum atomic E-state index is -0.180. The topological polar surface area (TPSA) is 68.5 Å². The van der Waals surface area contributed by atoms with Crippen molar-refractivity contribution >= 4 is 21.8 Å². The molecule has 0 N–H and O–H groups in total. The average molecular weight is 430 g/mol. The molecule has 0 radical (unpaired) electrons. The summed E-state index contributed by atoms with van der Waals surface area (Å²) >= 11 is 3.47. The number of carbonyl (C=O) groups excluding carboxylic acids is 1. The van der Waals surface area contributed by atoms with E-state index < -0.39 is 0 Å². The molecule has 0 unspecified atom stereocenters. The number of halogens is 1. The Morgan fingerprint density at radius 2 is 1.96 bits per heavy atom. The summed E-state index contributed by atoms with van der Waals surface area (Å²) in [5.41, 5.74) is 2.04. The van der Waals surface area contributed by atoms with E-state index in [9.17, 15) is 4.79 Å². The molecule has 0 aliphatic heterocycles. The highest BCUT2D eigenvalue weighted by Crippen LogP contribution is 2.26. The SMILES string of the molecule is CCc1ccc(OCC(=O)N(C)Cc2nnc(-c3ccccc3)o2)c(Br)c1. The van der Waals surface area contributed by atoms with Crippen LogP contribution in [0.4, 0.5) is 0 Å². The first kappa shape index (κ1) is 19.1. The Balaban J connectivity index is 1.56. The summed E-state index contributed by atoms with van der Waals surface area (Å²) in [7, 11) is 1.67. The van der Waals surface area contributed by atoms with Gasteiger partial charge >= 0.3 is 0 Å². The van der Waals surface area contributed by atoms with Crippen LogP contribution in [-0.2, 0) is 17.8 Å². The van der Waals surface area contributed by atoms with Crippen LogP contribution in [-0.4, -0.2) is 34.7 Å². The van der Waals surface area contributed by atoms with E-state index >= 15 is 0 Å². The molecular formula is C20H20BrN3O3. The van der Waals surface area contributed by atoms with Crippen LogP contribution in [0.2, 0.25) is 0 Å². The average Bonchev–Trinajstić information content (AvgIpc) is 3.15. The molecule has 0 atom stereocenters. The Kier molecular flexibility index (Phi) is 6.24. The summed E-state index contributed by atoms with van der Waals surface area (Å²) in [6.07, 6.45) is 0.940. The van der Waals surface area contributed by atoms with Crippen LogP contribution in [0.25, 0.3) is 11.5 Å². The lowest BCUT2D eigenvalue weighted by Gasteiger charge is -2.16. The molecule has 0 saturated carbocycles. The van der Waals surface area contributed by atoms with Gasteiger partial charge in [0.05, 0.1) is 11.0 Å². The molecule has 0 spiro atoms. The van der Waals surface area contributed by atoms with Crippen LogP contribution in [0.3, 0.4) is 0 Å². The largest absolute Gasteiger partial charge is 0.483 e. The number of aryl methyl sites for hydroxylation is 1. The van der Waals surface area contributed by atoms with Crippen LogP contribution in [0.1, 0.15) is 18.4 Å². The second kappa shape index (κ2) is 8.81. The minimum absolute atomic E-state index is 0.0692. The number of rotatable bonds is 7. The zero-order valence-corrected chi connectivity index (χ0v) is 16.8. The third kappa shape index (κ3) is 4.95. The molecular weight excluding hydrogens is 410 g/mol. The van der Waals surface area contributed by atoms with Crippen LogP contribution in [0, 0.1) is 0 Å². The van der Waals surface area contributed by atoms with Gasteiger partial charge in [0, 0.05) is 12.6 Å². The number of amides is 1. The molecule has 2 aromatic carbocycles. The lowest BCUT2D eigenvalue weighted by atomic mass is 10.2. The molecule has 7 heteroatoms. The first-order valence-electron chi connectivity index (χ1n) is 8.59. The fourth-order valence-corrected chi connectivity index (χ4v) is 2.98. The van der Waals surface area contributed by atoms with Gasteiger partial charge in [0.15, 0.2) is 6.61 Å². The zero-order chi connectivity index (χ0) is 19.2. The van der Waals surface area contributed by atoms with E-state index in [1.807, 2.05) is 48.5 Å². The summed E-state index contributed by atoms with van der Waals surface area (Å²) in [5.74, 6) is 1.26. The van der Waals surface area contributed by atoms with Crippen molar-refractivity contribution in [2.75, 3.05) is 13.7 Å². The molecule has 140 valence electrons. The molecule has 0 bridgehead atoms. The molecule has 1 amide bonds. The molecule has 0 aliphatic rings. The summed E-state index contributed by atoms with van der Waals surface area (Å²) < 4.78 is 12.1. The van der Waals surface area contributed by atoms with Crippen molar-refractivity contribution in [3.63, 3.8) is 0 Å². The van der Waals surface area contributed by atoms with Crippen molar-refractivity contribution in [2.24, 2.45) is 0 Å². The smallest absolute Gasteiger partial charge is 0.260 e. The van der Waals surface area contributed by atoms with Gasteiger partial charge in [-0.15, -0.1) is 10.2 Å². The van der Waals surface area contributed by atoms with E-state index in [0.717, 1.165) is 16.5 Å². The van der Waals surface area contributed by atoms with E-state index in [-0.39, 0.29) is 19.1 Å². The maximum Gasteiger partial charge on any atom is 0.260 e. The van der Waals surface area contributed by atoms with Crippen molar-refractivity contribution in [1.29, 1.82) is 0 Å². The van der Waals surface area contributed by atoms with Crippen LogP contribution in [0.5, 0.6) is 5.75 Å². The first-order chi connectivity index (χ1) is 13.1. The van der Waals surface area contributed by atoms with Gasteiger partial charge in [-0.3, -0.25) is 4.79 Å². The Hall–Kier alpha value is -2.67. The maximum atomic E-state index is 12.3. The van der Waals surface area contributed by atoms with Crippen molar-refractivity contribution in [2.45, 2.75) is 19.9 Å². The third-order valence-corrected chi connectivity index (χ3v) is 4.66. The fourth-order valence-electron chi connectivity index (χ4n) is 2.44. The molecule has 3 aromatic rings. The fraction of sp³-hybridized carbons (Fsp3) is 0.250. The predicted octanol–water partition coefficient (Wildman–Crippen LogP) is 4.10. The Labute approximate surface area is 166 Å². The van der Waals surface area contributed by atoms with Crippen molar-refractivity contribution in [3.8, 4) is 17.2 Å². The first-order valence-corrected chi connectivity index (χ1v) is 9.39. The van der Waals surface area contributed by atoms with E-state index in [0.29, 0.717) is 17.5 Å². The van der Waals surface area contributed by atoms with Gasteiger partial charge in [0.1, 0.15) is 5.75 Å². The van der Waals surface area contributed by atoms with Crippen LogP contribution >= 0.6 is 15.9 Å². The summed E-state index contributed by atoms with van der Waals surface area (Å²) in [5, 5.41) is 8.04. The minimum Gasteiger partial charge on any atom is -0.483 e. The van der Waals surface area contributed by atoms with E-state index in [2.05, 4.69) is 33.1 Å². The molecule has 3 rings (SSSR count). The lowest BCUT2D eigenvalue weighted by molar-refractivity contribution is -0.132. The van der Waals surface area contributed by atoms with Gasteiger partial charge < -0.3 is 14.1 Å². The van der Waals surface area contributed by atoms with Gasteiger partial charge in [-0.1, -0.05) is 31.2 Å². The highest BCUT2D eigenvalue weighted by Gasteiger charge is 2.15. The second-order valence-electron chi connectivity index (χ2n) is 6.02. The standard InChI is InChI=1S/C20H20BrN3O3/c1-3-14-9-10-17(16(21)11-14)26-13-19(25)24(2)12-18-22-23-20(27-18)15-7-5-4-6-8-15/h4-11H,3,12-13H2,1-2H3. The van der Waals surface area contributed by atoms with E-state index in [1.54, 1.807) is 7.05 Å². The number of hydrogen-bond acceptors (Lipinski definition) is 5. The molecule has 27 heavy (non-hydrogen) atoms. The molecule has 0 saturated heterocycles. The quantitative estimate of drug-likeness (QED) is 0.565. The molecule has 0 fully saturated rings. The second-order valence-corrected chi connectivity index (χ2v) is 6.88. The predicted molar refractivity (Wildman–Crippen MR) is 105 cm³/mol. The van der Waals surface area contributed by atoms with Crippen molar-refractivity contribution in [3.05, 3.63) is 64.5 Å².